The first-order valence-electron chi connectivity index (χ1n) is 13.3. The maximum atomic E-state index is 13.1. The second kappa shape index (κ2) is 25.0. The van der Waals surface area contributed by atoms with Gasteiger partial charge in [-0.25, -0.2) is 13.6 Å². The molecule has 0 saturated carbocycles. The molecule has 0 spiro atoms. The van der Waals surface area contributed by atoms with Crippen LogP contribution in [0.5, 0.6) is 11.5 Å². The Labute approximate surface area is 226 Å². The lowest BCUT2D eigenvalue weighted by Crippen LogP contribution is -2.39. The number of benzene rings is 2. The summed E-state index contributed by atoms with van der Waals surface area (Å²) < 4.78 is 41.2. The lowest BCUT2D eigenvalue weighted by molar-refractivity contribution is -0.156. The van der Waals surface area contributed by atoms with Crippen molar-refractivity contribution in [2.45, 2.75) is 115 Å². The molecule has 4 nitrogen and oxygen atoms in total. The van der Waals surface area contributed by atoms with Gasteiger partial charge < -0.3 is 14.2 Å². The zero-order valence-corrected chi connectivity index (χ0v) is 26.1. The molecule has 6 heteroatoms. The van der Waals surface area contributed by atoms with E-state index in [4.69, 9.17) is 9.47 Å². The monoisotopic (exact) mass is 528 g/mol. The van der Waals surface area contributed by atoms with E-state index in [1.54, 1.807) is 26.8 Å². The summed E-state index contributed by atoms with van der Waals surface area (Å²) in [4.78, 5) is 11.4. The molecule has 2 aromatic rings. The van der Waals surface area contributed by atoms with Crippen molar-refractivity contribution < 1.29 is 27.8 Å². The molecular weight excluding hydrogens is 474 g/mol. The highest BCUT2D eigenvalue weighted by Crippen LogP contribution is 2.22. The van der Waals surface area contributed by atoms with Crippen molar-refractivity contribution in [3.8, 4) is 11.5 Å². The smallest absolute Gasteiger partial charge is 0.349 e. The van der Waals surface area contributed by atoms with Gasteiger partial charge >= 0.3 is 5.97 Å². The molecule has 0 amide bonds. The molecule has 0 aromatic heterocycles. The first-order chi connectivity index (χ1) is 17.3. The van der Waals surface area contributed by atoms with Gasteiger partial charge in [-0.2, -0.15) is 0 Å². The maximum absolute atomic E-state index is 13.1. The highest BCUT2D eigenvalue weighted by Gasteiger charge is 2.31. The van der Waals surface area contributed by atoms with E-state index in [9.17, 15) is 13.6 Å². The Hall–Kier alpha value is -2.63. The molecule has 0 heterocycles. The van der Waals surface area contributed by atoms with Crippen LogP contribution in [0.3, 0.4) is 0 Å². The fraction of sp³-hybridized carbons (Fsp3) is 0.581. The quantitative estimate of drug-likeness (QED) is 0.362. The van der Waals surface area contributed by atoms with Crippen molar-refractivity contribution in [2.75, 3.05) is 7.11 Å². The van der Waals surface area contributed by atoms with Crippen LogP contribution in [0.1, 0.15) is 101 Å². The molecule has 216 valence electrons. The summed E-state index contributed by atoms with van der Waals surface area (Å²) in [5, 5.41) is 0. The van der Waals surface area contributed by atoms with Crippen LogP contribution in [-0.2, 0) is 9.53 Å². The molecule has 0 radical (unpaired) electrons. The standard InChI is InChI=1S/C12H15FO3.C10H13FO.C3H8.3C2H6/c1-8-5-9(13)7-10(6-8)16-12(2,3)11(14)15-4;1-7(2)12-10-5-8(3)4-9(11)6-10;1-3-2;3*1-2/h5-7H,1-4H3;4-7H,1-3H3;3H2,1-2H3;3*1-2H3. The number of ether oxygens (including phenoxy) is 3. The predicted molar refractivity (Wildman–Crippen MR) is 155 cm³/mol. The fourth-order valence-corrected chi connectivity index (χ4v) is 2.39. The summed E-state index contributed by atoms with van der Waals surface area (Å²) in [5.74, 6) is -0.230. The first-order valence-corrected chi connectivity index (χ1v) is 13.3. The summed E-state index contributed by atoms with van der Waals surface area (Å²) in [7, 11) is 1.28. The second-order valence-corrected chi connectivity index (χ2v) is 7.91. The van der Waals surface area contributed by atoms with Crippen molar-refractivity contribution in [2.24, 2.45) is 0 Å². The molecular formula is C31H54F2O4. The van der Waals surface area contributed by atoms with Gasteiger partial charge in [-0.15, -0.1) is 0 Å². The summed E-state index contributed by atoms with van der Waals surface area (Å²) in [6.07, 6.45) is 1.34. The van der Waals surface area contributed by atoms with E-state index in [1.165, 1.54) is 37.8 Å². The van der Waals surface area contributed by atoms with Gasteiger partial charge in [0.2, 0.25) is 0 Å². The molecule has 2 aromatic carbocycles. The minimum atomic E-state index is -1.13. The Balaban J connectivity index is -0.000000229. The van der Waals surface area contributed by atoms with Crippen LogP contribution in [0.2, 0.25) is 0 Å². The average molecular weight is 529 g/mol. The zero-order valence-electron chi connectivity index (χ0n) is 26.1. The number of esters is 1. The fourth-order valence-electron chi connectivity index (χ4n) is 2.39. The van der Waals surface area contributed by atoms with E-state index in [1.807, 2.05) is 68.4 Å². The number of rotatable bonds is 5. The van der Waals surface area contributed by atoms with E-state index < -0.39 is 17.4 Å². The molecule has 0 bridgehead atoms. The minimum absolute atomic E-state index is 0.0891. The van der Waals surface area contributed by atoms with E-state index in [0.29, 0.717) is 11.5 Å². The largest absolute Gasteiger partial charge is 0.491 e. The van der Waals surface area contributed by atoms with Gasteiger partial charge in [-0.3, -0.25) is 0 Å². The summed E-state index contributed by atoms with van der Waals surface area (Å²) >= 11 is 0. The second-order valence-electron chi connectivity index (χ2n) is 7.91. The van der Waals surface area contributed by atoms with Crippen molar-refractivity contribution in [1.82, 2.24) is 0 Å². The van der Waals surface area contributed by atoms with Crippen LogP contribution in [0.25, 0.3) is 0 Å². The summed E-state index contributed by atoms with van der Waals surface area (Å²) in [5.41, 5.74) is 0.482. The van der Waals surface area contributed by atoms with Crippen LogP contribution < -0.4 is 9.47 Å². The number of carbonyl (C=O) groups excluding carboxylic acids is 1. The van der Waals surface area contributed by atoms with Gasteiger partial charge in [0.25, 0.3) is 0 Å². The van der Waals surface area contributed by atoms with Crippen LogP contribution >= 0.6 is 0 Å². The number of carbonyl (C=O) groups is 1. The van der Waals surface area contributed by atoms with Crippen LogP contribution in [-0.4, -0.2) is 24.8 Å². The van der Waals surface area contributed by atoms with Crippen molar-refractivity contribution >= 4 is 5.97 Å². The topological polar surface area (TPSA) is 44.8 Å². The van der Waals surface area contributed by atoms with Crippen LogP contribution in [0, 0.1) is 25.5 Å². The van der Waals surface area contributed by atoms with Gasteiger partial charge in [-0.05, 0) is 76.9 Å². The Kier molecular flexibility index (Phi) is 28.1. The number of aryl methyl sites for hydroxylation is 2. The zero-order chi connectivity index (χ0) is 30.2. The molecule has 0 aliphatic heterocycles. The number of methoxy groups -OCH3 is 1. The Morgan fingerprint density at radius 3 is 1.46 bits per heavy atom. The van der Waals surface area contributed by atoms with Crippen LogP contribution in [0.4, 0.5) is 8.78 Å². The normalized spacial score (nSPS) is 9.14. The highest BCUT2D eigenvalue weighted by atomic mass is 19.1. The third kappa shape index (κ3) is 22.3. The predicted octanol–water partition coefficient (Wildman–Crippen LogP) is 9.88. The number of hydrogen-bond donors (Lipinski definition) is 0. The molecule has 0 aliphatic rings. The average Bonchev–Trinajstić information content (AvgIpc) is 2.81. The summed E-state index contributed by atoms with van der Waals surface area (Å²) in [6.45, 7) is 26.8. The molecule has 0 saturated heterocycles. The Morgan fingerprint density at radius 1 is 0.784 bits per heavy atom. The van der Waals surface area contributed by atoms with Gasteiger partial charge in [0.1, 0.15) is 23.1 Å². The Bertz CT molecular complexity index is 778. The van der Waals surface area contributed by atoms with E-state index in [-0.39, 0.29) is 11.9 Å². The number of hydrogen-bond acceptors (Lipinski definition) is 4. The molecule has 0 N–H and O–H groups in total. The van der Waals surface area contributed by atoms with E-state index in [0.717, 1.165) is 11.1 Å². The lowest BCUT2D eigenvalue weighted by Gasteiger charge is -2.23. The molecule has 2 rings (SSSR count). The third-order valence-corrected chi connectivity index (χ3v) is 3.45. The SMILES string of the molecule is CC.CC.CC.CCC.COC(=O)C(C)(C)Oc1cc(C)cc(F)c1.Cc1cc(F)cc(OC(C)C)c1. The van der Waals surface area contributed by atoms with Crippen LogP contribution in [0.15, 0.2) is 36.4 Å². The van der Waals surface area contributed by atoms with Gasteiger partial charge in [0, 0.05) is 12.1 Å². The van der Waals surface area contributed by atoms with Gasteiger partial charge in [0.05, 0.1) is 13.2 Å². The minimum Gasteiger partial charge on any atom is -0.491 e. The molecule has 37 heavy (non-hydrogen) atoms. The molecule has 0 aliphatic carbocycles. The Morgan fingerprint density at radius 2 is 1.14 bits per heavy atom. The number of halogens is 2. The van der Waals surface area contributed by atoms with Crippen molar-refractivity contribution in [1.29, 1.82) is 0 Å². The van der Waals surface area contributed by atoms with Gasteiger partial charge in [-0.1, -0.05) is 61.8 Å². The highest BCUT2D eigenvalue weighted by molar-refractivity contribution is 5.78. The maximum Gasteiger partial charge on any atom is 0.349 e. The molecule has 0 atom stereocenters. The van der Waals surface area contributed by atoms with Crippen molar-refractivity contribution in [3.05, 3.63) is 59.2 Å². The third-order valence-electron chi connectivity index (χ3n) is 3.45. The molecule has 0 unspecified atom stereocenters. The molecule has 0 fully saturated rings. The summed E-state index contributed by atoms with van der Waals surface area (Å²) in [6, 6.07) is 8.98. The van der Waals surface area contributed by atoms with Crippen molar-refractivity contribution in [3.63, 3.8) is 0 Å². The first kappa shape index (κ1) is 41.5. The lowest BCUT2D eigenvalue weighted by atomic mass is 10.1. The van der Waals surface area contributed by atoms with E-state index >= 15 is 0 Å². The van der Waals surface area contributed by atoms with E-state index in [2.05, 4.69) is 18.6 Å². The van der Waals surface area contributed by atoms with Gasteiger partial charge in [0.15, 0.2) is 5.60 Å².